The normalized spacial score (nSPS) is 10.5. The SMILES string of the molecule is O=NCCCCCCCCCCCCCC[N+](=O)[O-]. The van der Waals surface area contributed by atoms with E-state index < -0.39 is 0 Å². The molecule has 0 atom stereocenters. The van der Waals surface area contributed by atoms with Crippen LogP contribution in [0.15, 0.2) is 5.18 Å². The molecule has 0 saturated carbocycles. The van der Waals surface area contributed by atoms with Crippen molar-refractivity contribution in [2.45, 2.75) is 77.0 Å². The van der Waals surface area contributed by atoms with E-state index in [1.807, 2.05) is 0 Å². The molecule has 0 heterocycles. The smallest absolute Gasteiger partial charge is 0.203 e. The summed E-state index contributed by atoms with van der Waals surface area (Å²) in [6, 6.07) is 0. The van der Waals surface area contributed by atoms with Crippen LogP contribution >= 0.6 is 0 Å². The minimum absolute atomic E-state index is 0.125. The second kappa shape index (κ2) is 15.1. The fourth-order valence-corrected chi connectivity index (χ4v) is 2.19. The molecule has 0 rings (SSSR count). The minimum Gasteiger partial charge on any atom is -0.265 e. The van der Waals surface area contributed by atoms with Crippen LogP contribution in [0.25, 0.3) is 0 Å². The molecule has 0 N–H and O–H groups in total. The first-order chi connectivity index (χ1) is 9.27. The second-order valence-electron chi connectivity index (χ2n) is 5.15. The third kappa shape index (κ3) is 17.0. The Labute approximate surface area is 116 Å². The van der Waals surface area contributed by atoms with Crippen LogP contribution in [0.4, 0.5) is 0 Å². The molecule has 0 aromatic carbocycles. The van der Waals surface area contributed by atoms with E-state index in [0.29, 0.717) is 6.54 Å². The Morgan fingerprint density at radius 1 is 0.684 bits per heavy atom. The Bertz CT molecular complexity index is 223. The molecule has 0 fully saturated rings. The molecular formula is C14H28N2O3. The number of nitrogens with zero attached hydrogens (tertiary/aromatic N) is 2. The summed E-state index contributed by atoms with van der Waals surface area (Å²) in [7, 11) is 0. The predicted octanol–water partition coefficient (Wildman–Crippen LogP) is 4.71. The molecule has 19 heavy (non-hydrogen) atoms. The van der Waals surface area contributed by atoms with Crippen LogP contribution in [-0.4, -0.2) is 18.0 Å². The Morgan fingerprint density at radius 3 is 1.42 bits per heavy atom. The minimum atomic E-state index is -0.231. The van der Waals surface area contributed by atoms with Crippen LogP contribution in [0.1, 0.15) is 77.0 Å². The fourth-order valence-electron chi connectivity index (χ4n) is 2.19. The van der Waals surface area contributed by atoms with E-state index in [4.69, 9.17) is 0 Å². The van der Waals surface area contributed by atoms with Crippen molar-refractivity contribution < 1.29 is 4.92 Å². The van der Waals surface area contributed by atoms with Crippen molar-refractivity contribution in [3.63, 3.8) is 0 Å². The topological polar surface area (TPSA) is 72.6 Å². The molecule has 5 nitrogen and oxygen atoms in total. The van der Waals surface area contributed by atoms with Crippen molar-refractivity contribution in [3.8, 4) is 0 Å². The van der Waals surface area contributed by atoms with Crippen LogP contribution in [-0.2, 0) is 0 Å². The van der Waals surface area contributed by atoms with E-state index in [-0.39, 0.29) is 11.5 Å². The predicted molar refractivity (Wildman–Crippen MR) is 77.9 cm³/mol. The van der Waals surface area contributed by atoms with Crippen LogP contribution in [0, 0.1) is 15.0 Å². The first-order valence-corrected chi connectivity index (χ1v) is 7.68. The molecule has 0 unspecified atom stereocenters. The molecule has 0 aliphatic carbocycles. The zero-order chi connectivity index (χ0) is 14.2. The van der Waals surface area contributed by atoms with Crippen molar-refractivity contribution in [2.75, 3.05) is 13.1 Å². The molecule has 0 radical (unpaired) electrons. The van der Waals surface area contributed by atoms with Crippen molar-refractivity contribution in [1.82, 2.24) is 0 Å². The maximum Gasteiger partial charge on any atom is 0.203 e. The molecule has 0 aromatic rings. The van der Waals surface area contributed by atoms with Gasteiger partial charge in [-0.2, -0.15) is 4.91 Å². The lowest BCUT2D eigenvalue weighted by Crippen LogP contribution is -1.99. The molecule has 0 spiro atoms. The van der Waals surface area contributed by atoms with Gasteiger partial charge in [-0.1, -0.05) is 63.0 Å². The van der Waals surface area contributed by atoms with E-state index >= 15 is 0 Å². The third-order valence-corrected chi connectivity index (χ3v) is 3.34. The molecule has 0 aliphatic rings. The van der Waals surface area contributed by atoms with E-state index in [1.165, 1.54) is 44.9 Å². The zero-order valence-corrected chi connectivity index (χ0v) is 12.0. The van der Waals surface area contributed by atoms with Gasteiger partial charge in [0.15, 0.2) is 0 Å². The Balaban J connectivity index is 2.95. The van der Waals surface area contributed by atoms with Gasteiger partial charge in [0, 0.05) is 11.3 Å². The average Bonchev–Trinajstić information content (AvgIpc) is 2.39. The molecule has 0 amide bonds. The van der Waals surface area contributed by atoms with Crippen molar-refractivity contribution >= 4 is 0 Å². The average molecular weight is 272 g/mol. The van der Waals surface area contributed by atoms with Crippen LogP contribution < -0.4 is 0 Å². The number of hydrogen-bond donors (Lipinski definition) is 0. The Kier molecular flexibility index (Phi) is 14.3. The van der Waals surface area contributed by atoms with Gasteiger partial charge in [-0.25, -0.2) is 0 Å². The number of nitro groups is 1. The van der Waals surface area contributed by atoms with Gasteiger partial charge in [0.2, 0.25) is 6.54 Å². The molecule has 0 bridgehead atoms. The van der Waals surface area contributed by atoms with Gasteiger partial charge < -0.3 is 0 Å². The van der Waals surface area contributed by atoms with E-state index in [1.54, 1.807) is 0 Å². The summed E-state index contributed by atoms with van der Waals surface area (Å²) in [6.07, 6.45) is 13.7. The van der Waals surface area contributed by atoms with Gasteiger partial charge in [0.05, 0.1) is 6.54 Å². The summed E-state index contributed by atoms with van der Waals surface area (Å²) < 4.78 is 0. The van der Waals surface area contributed by atoms with E-state index in [0.717, 1.165) is 32.1 Å². The molecule has 0 aromatic heterocycles. The van der Waals surface area contributed by atoms with Gasteiger partial charge >= 0.3 is 0 Å². The summed E-state index contributed by atoms with van der Waals surface area (Å²) in [5.41, 5.74) is 0. The second-order valence-corrected chi connectivity index (χ2v) is 5.15. The van der Waals surface area contributed by atoms with Crippen molar-refractivity contribution in [3.05, 3.63) is 15.0 Å². The van der Waals surface area contributed by atoms with Gasteiger partial charge in [-0.15, -0.1) is 0 Å². The van der Waals surface area contributed by atoms with Gasteiger partial charge in [-0.05, 0) is 12.8 Å². The fraction of sp³-hybridized carbons (Fsp3) is 1.00. The van der Waals surface area contributed by atoms with Crippen molar-refractivity contribution in [2.24, 2.45) is 5.18 Å². The number of hydrogen-bond acceptors (Lipinski definition) is 4. The van der Waals surface area contributed by atoms with E-state index in [9.17, 15) is 15.0 Å². The highest BCUT2D eigenvalue weighted by molar-refractivity contribution is 4.49. The summed E-state index contributed by atoms with van der Waals surface area (Å²) in [6.45, 7) is 0.593. The van der Waals surface area contributed by atoms with Crippen molar-refractivity contribution in [1.29, 1.82) is 0 Å². The highest BCUT2D eigenvalue weighted by atomic mass is 16.6. The number of unbranched alkanes of at least 4 members (excludes halogenated alkanes) is 11. The van der Waals surface area contributed by atoms with Crippen LogP contribution in [0.5, 0.6) is 0 Å². The molecule has 112 valence electrons. The monoisotopic (exact) mass is 272 g/mol. The Hall–Kier alpha value is -1.00. The highest BCUT2D eigenvalue weighted by Gasteiger charge is 1.97. The van der Waals surface area contributed by atoms with Crippen LogP contribution in [0.3, 0.4) is 0 Å². The lowest BCUT2D eigenvalue weighted by molar-refractivity contribution is -0.480. The number of nitroso groups, excluding NO2 is 1. The zero-order valence-electron chi connectivity index (χ0n) is 12.0. The third-order valence-electron chi connectivity index (χ3n) is 3.34. The maximum absolute atomic E-state index is 10.1. The molecular weight excluding hydrogens is 244 g/mol. The first kappa shape index (κ1) is 18.0. The number of rotatable bonds is 15. The summed E-state index contributed by atoms with van der Waals surface area (Å²) in [5, 5.41) is 12.9. The summed E-state index contributed by atoms with van der Waals surface area (Å²) in [4.78, 5) is 19.7. The quantitative estimate of drug-likeness (QED) is 0.187. The Morgan fingerprint density at radius 2 is 1.05 bits per heavy atom. The largest absolute Gasteiger partial charge is 0.265 e. The van der Waals surface area contributed by atoms with Gasteiger partial charge in [-0.3, -0.25) is 10.1 Å². The highest BCUT2D eigenvalue weighted by Crippen LogP contribution is 2.11. The van der Waals surface area contributed by atoms with Crippen LogP contribution in [0.2, 0.25) is 0 Å². The van der Waals surface area contributed by atoms with Gasteiger partial charge in [0.1, 0.15) is 0 Å². The molecule has 0 aliphatic heterocycles. The molecule has 0 saturated heterocycles. The maximum atomic E-state index is 10.1. The van der Waals surface area contributed by atoms with Gasteiger partial charge in [0.25, 0.3) is 0 Å². The first-order valence-electron chi connectivity index (χ1n) is 7.68. The standard InChI is InChI=1S/C14H28N2O3/c17-15-13-11-9-7-5-3-1-2-4-6-8-10-12-14-16(18)19/h1-14H2. The molecule has 5 heteroatoms. The summed E-state index contributed by atoms with van der Waals surface area (Å²) in [5.74, 6) is 0. The lowest BCUT2D eigenvalue weighted by Gasteiger charge is -2.02. The summed E-state index contributed by atoms with van der Waals surface area (Å²) >= 11 is 0. The lowest BCUT2D eigenvalue weighted by atomic mass is 10.1. The van der Waals surface area contributed by atoms with E-state index in [2.05, 4.69) is 5.18 Å².